The number of rotatable bonds is 3. The maximum atomic E-state index is 11.7. The number of carbonyl (C=O) groups is 1. The first-order valence-electron chi connectivity index (χ1n) is 6.94. The number of nitrogens with zero attached hydrogens (tertiary/aromatic N) is 3. The Morgan fingerprint density at radius 3 is 3.15 bits per heavy atom. The number of esters is 1. The van der Waals surface area contributed by atoms with Gasteiger partial charge in [-0.1, -0.05) is 12.5 Å². The van der Waals surface area contributed by atoms with Crippen LogP contribution in [0.3, 0.4) is 0 Å². The summed E-state index contributed by atoms with van der Waals surface area (Å²) in [5.74, 6) is 0.364. The van der Waals surface area contributed by atoms with E-state index in [4.69, 9.17) is 4.74 Å². The predicted octanol–water partition coefficient (Wildman–Crippen LogP) is 1.20. The molecule has 1 N–H and O–H groups in total. The Morgan fingerprint density at radius 1 is 1.50 bits per heavy atom. The lowest BCUT2D eigenvalue weighted by molar-refractivity contribution is 0.0591. The Morgan fingerprint density at radius 2 is 2.40 bits per heavy atom. The first-order valence-corrected chi connectivity index (χ1v) is 6.94. The molecule has 0 radical (unpaired) electrons. The van der Waals surface area contributed by atoms with Crippen LogP contribution in [0.15, 0.2) is 18.2 Å². The van der Waals surface area contributed by atoms with Gasteiger partial charge in [0, 0.05) is 12.5 Å². The number of ether oxygens (including phenoxy) is 1. The van der Waals surface area contributed by atoms with E-state index in [2.05, 4.69) is 15.4 Å². The fraction of sp³-hybridized carbons (Fsp3) is 0.500. The third kappa shape index (κ3) is 2.51. The van der Waals surface area contributed by atoms with E-state index in [0.717, 1.165) is 25.2 Å². The number of carbonyl (C=O) groups excluding carboxylic acids is 1. The van der Waals surface area contributed by atoms with Gasteiger partial charge in [-0.15, -0.1) is 0 Å². The largest absolute Gasteiger partial charge is 0.464 e. The minimum atomic E-state index is -0.400. The van der Waals surface area contributed by atoms with Gasteiger partial charge in [0.2, 0.25) is 0 Å². The van der Waals surface area contributed by atoms with Crippen molar-refractivity contribution in [2.24, 2.45) is 0 Å². The normalized spacial score (nSPS) is 19.1. The molecule has 3 heterocycles. The summed E-state index contributed by atoms with van der Waals surface area (Å²) in [7, 11) is 1.37. The lowest BCUT2D eigenvalue weighted by Gasteiger charge is -2.21. The molecule has 0 aliphatic carbocycles. The molecule has 1 fully saturated rings. The van der Waals surface area contributed by atoms with Crippen LogP contribution in [0, 0.1) is 0 Å². The van der Waals surface area contributed by atoms with Gasteiger partial charge in [-0.25, -0.2) is 14.3 Å². The topological polar surface area (TPSA) is 68.5 Å². The van der Waals surface area contributed by atoms with Crippen LogP contribution in [-0.4, -0.2) is 40.3 Å². The molecule has 0 aromatic carbocycles. The first-order chi connectivity index (χ1) is 9.78. The summed E-state index contributed by atoms with van der Waals surface area (Å²) in [4.78, 5) is 16.2. The van der Waals surface area contributed by atoms with Gasteiger partial charge >= 0.3 is 5.97 Å². The van der Waals surface area contributed by atoms with Crippen LogP contribution in [-0.2, 0) is 11.2 Å². The number of aromatic nitrogens is 3. The molecule has 0 bridgehead atoms. The van der Waals surface area contributed by atoms with Gasteiger partial charge in [0.1, 0.15) is 0 Å². The molecule has 6 heteroatoms. The molecule has 2 aromatic heterocycles. The molecule has 1 atom stereocenters. The molecule has 0 spiro atoms. The maximum Gasteiger partial charge on any atom is 0.356 e. The van der Waals surface area contributed by atoms with E-state index in [1.165, 1.54) is 20.0 Å². The summed E-state index contributed by atoms with van der Waals surface area (Å²) in [6, 6.07) is 5.76. The van der Waals surface area contributed by atoms with E-state index in [1.54, 1.807) is 16.6 Å². The Bertz CT molecular complexity index is 617. The number of hydrogen-bond acceptors (Lipinski definition) is 5. The summed E-state index contributed by atoms with van der Waals surface area (Å²) in [5, 5.41) is 7.92. The smallest absolute Gasteiger partial charge is 0.356 e. The molecule has 1 unspecified atom stereocenters. The molecule has 106 valence electrons. The average Bonchev–Trinajstić information content (AvgIpc) is 2.89. The molecule has 1 aliphatic heterocycles. The highest BCUT2D eigenvalue weighted by atomic mass is 16.5. The van der Waals surface area contributed by atoms with E-state index >= 15 is 0 Å². The Hall–Kier alpha value is -1.95. The van der Waals surface area contributed by atoms with E-state index in [9.17, 15) is 4.79 Å². The summed E-state index contributed by atoms with van der Waals surface area (Å²) in [5.41, 5.74) is 1.08. The van der Waals surface area contributed by atoms with Gasteiger partial charge in [-0.05, 0) is 31.5 Å². The lowest BCUT2D eigenvalue weighted by Crippen LogP contribution is -2.35. The van der Waals surface area contributed by atoms with Crippen molar-refractivity contribution >= 4 is 11.6 Å². The number of methoxy groups -OCH3 is 1. The third-order valence-corrected chi connectivity index (χ3v) is 3.64. The van der Waals surface area contributed by atoms with Crippen molar-refractivity contribution in [3.8, 4) is 0 Å². The second-order valence-corrected chi connectivity index (χ2v) is 5.05. The van der Waals surface area contributed by atoms with Crippen molar-refractivity contribution in [2.75, 3.05) is 13.7 Å². The minimum Gasteiger partial charge on any atom is -0.464 e. The van der Waals surface area contributed by atoms with Gasteiger partial charge in [0.15, 0.2) is 17.2 Å². The number of nitrogens with one attached hydrogen (secondary N) is 1. The quantitative estimate of drug-likeness (QED) is 0.852. The standard InChI is InChI=1S/C14H18N4O2/c1-20-14(19)11-6-4-7-13-16-12(17-18(11)13)9-10-5-2-3-8-15-10/h4,6-7,10,15H,2-3,5,8-9H2,1H3. The molecule has 0 amide bonds. The van der Waals surface area contributed by atoms with Crippen LogP contribution in [0.25, 0.3) is 5.65 Å². The van der Waals surface area contributed by atoms with Crippen LogP contribution in [0.1, 0.15) is 35.6 Å². The van der Waals surface area contributed by atoms with Crippen molar-refractivity contribution in [2.45, 2.75) is 31.7 Å². The summed E-state index contributed by atoms with van der Waals surface area (Å²) < 4.78 is 6.32. The second kappa shape index (κ2) is 5.58. The summed E-state index contributed by atoms with van der Waals surface area (Å²) in [6.45, 7) is 1.06. The van der Waals surface area contributed by atoms with Gasteiger partial charge in [0.25, 0.3) is 0 Å². The summed E-state index contributed by atoms with van der Waals surface area (Å²) >= 11 is 0. The van der Waals surface area contributed by atoms with Crippen LogP contribution in [0.2, 0.25) is 0 Å². The molecule has 6 nitrogen and oxygen atoms in total. The molecule has 1 aliphatic rings. The van der Waals surface area contributed by atoms with E-state index < -0.39 is 5.97 Å². The zero-order valence-electron chi connectivity index (χ0n) is 11.5. The van der Waals surface area contributed by atoms with Crippen LogP contribution < -0.4 is 5.32 Å². The molecule has 1 saturated heterocycles. The minimum absolute atomic E-state index is 0.400. The van der Waals surface area contributed by atoms with Gasteiger partial charge in [-0.3, -0.25) is 0 Å². The second-order valence-electron chi connectivity index (χ2n) is 5.05. The van der Waals surface area contributed by atoms with Crippen LogP contribution in [0.4, 0.5) is 0 Å². The van der Waals surface area contributed by atoms with Crippen molar-refractivity contribution in [3.05, 3.63) is 29.7 Å². The van der Waals surface area contributed by atoms with Crippen molar-refractivity contribution in [1.82, 2.24) is 19.9 Å². The highest BCUT2D eigenvalue weighted by Gasteiger charge is 2.18. The fourth-order valence-corrected chi connectivity index (χ4v) is 2.61. The summed E-state index contributed by atoms with van der Waals surface area (Å²) in [6.07, 6.45) is 4.43. The Kier molecular flexibility index (Phi) is 3.64. The Labute approximate surface area is 117 Å². The molecular formula is C14H18N4O2. The zero-order valence-corrected chi connectivity index (χ0v) is 11.5. The van der Waals surface area contributed by atoms with E-state index in [0.29, 0.717) is 17.4 Å². The van der Waals surface area contributed by atoms with Crippen molar-refractivity contribution in [3.63, 3.8) is 0 Å². The Balaban J connectivity index is 1.88. The number of piperidine rings is 1. The van der Waals surface area contributed by atoms with Crippen LogP contribution in [0.5, 0.6) is 0 Å². The van der Waals surface area contributed by atoms with Gasteiger partial charge in [0.05, 0.1) is 7.11 Å². The van der Waals surface area contributed by atoms with Gasteiger partial charge in [-0.2, -0.15) is 5.10 Å². The SMILES string of the molecule is COC(=O)c1cccc2nc(CC3CCCCN3)nn12. The van der Waals surface area contributed by atoms with Crippen molar-refractivity contribution in [1.29, 1.82) is 0 Å². The molecule has 2 aromatic rings. The molecular weight excluding hydrogens is 256 g/mol. The highest BCUT2D eigenvalue weighted by Crippen LogP contribution is 2.13. The maximum absolute atomic E-state index is 11.7. The third-order valence-electron chi connectivity index (χ3n) is 3.64. The fourth-order valence-electron chi connectivity index (χ4n) is 2.61. The number of fused-ring (bicyclic) bond motifs is 1. The van der Waals surface area contributed by atoms with Crippen molar-refractivity contribution < 1.29 is 9.53 Å². The molecule has 20 heavy (non-hydrogen) atoms. The van der Waals surface area contributed by atoms with Crippen LogP contribution >= 0.6 is 0 Å². The van der Waals surface area contributed by atoms with E-state index in [1.807, 2.05) is 6.07 Å². The average molecular weight is 274 g/mol. The lowest BCUT2D eigenvalue weighted by atomic mass is 10.0. The van der Waals surface area contributed by atoms with Gasteiger partial charge < -0.3 is 10.1 Å². The number of pyridine rings is 1. The monoisotopic (exact) mass is 274 g/mol. The first kappa shape index (κ1) is 13.1. The zero-order chi connectivity index (χ0) is 13.9. The molecule has 3 rings (SSSR count). The van der Waals surface area contributed by atoms with E-state index in [-0.39, 0.29) is 0 Å². The number of hydrogen-bond donors (Lipinski definition) is 1. The predicted molar refractivity (Wildman–Crippen MR) is 73.7 cm³/mol. The molecule has 0 saturated carbocycles. The highest BCUT2D eigenvalue weighted by molar-refractivity contribution is 5.88.